The summed E-state index contributed by atoms with van der Waals surface area (Å²) in [4.78, 5) is 0. The van der Waals surface area contributed by atoms with Gasteiger partial charge >= 0.3 is 0 Å². The molecule has 0 aliphatic heterocycles. The molecule has 0 aromatic heterocycles. The molecule has 2 rings (SSSR count). The van der Waals surface area contributed by atoms with Crippen LogP contribution in [0.1, 0.15) is 31.7 Å². The number of nitrogens with one attached hydrogen (secondary N) is 3. The zero-order chi connectivity index (χ0) is 14.2. The van der Waals surface area contributed by atoms with E-state index in [4.69, 9.17) is 12.2 Å². The molecule has 0 amide bonds. The van der Waals surface area contributed by atoms with Gasteiger partial charge in [-0.15, -0.1) is 0 Å². The largest absolute Gasteiger partial charge is 0.361 e. The van der Waals surface area contributed by atoms with Crippen LogP contribution >= 0.6 is 12.2 Å². The van der Waals surface area contributed by atoms with Crippen LogP contribution in [0.5, 0.6) is 0 Å². The Bertz CT molecular complexity index is 456. The quantitative estimate of drug-likeness (QED) is 0.575. The molecule has 108 valence electrons. The molecule has 3 N–H and O–H groups in total. The van der Waals surface area contributed by atoms with Crippen molar-refractivity contribution in [2.75, 3.05) is 6.54 Å². The second-order valence-electron chi connectivity index (χ2n) is 5.23. The van der Waals surface area contributed by atoms with E-state index >= 15 is 0 Å². The van der Waals surface area contributed by atoms with Gasteiger partial charge in [-0.2, -0.15) is 0 Å². The molecule has 4 heteroatoms. The average molecular weight is 289 g/mol. The van der Waals surface area contributed by atoms with E-state index in [1.54, 1.807) is 0 Å². The first-order valence-corrected chi connectivity index (χ1v) is 7.70. The molecule has 0 radical (unpaired) electrons. The van der Waals surface area contributed by atoms with E-state index in [0.717, 1.165) is 19.4 Å². The summed E-state index contributed by atoms with van der Waals surface area (Å²) < 4.78 is 0. The summed E-state index contributed by atoms with van der Waals surface area (Å²) in [6, 6.07) is 10.4. The Kier molecular flexibility index (Phi) is 5.87. The van der Waals surface area contributed by atoms with Crippen molar-refractivity contribution in [2.45, 2.75) is 32.6 Å². The normalized spacial score (nSPS) is 18.1. The van der Waals surface area contributed by atoms with Crippen molar-refractivity contribution in [3.05, 3.63) is 47.7 Å². The molecule has 0 saturated heterocycles. The number of thiocarbonyl (C=S) groups is 1. The molecule has 0 bridgehead atoms. The summed E-state index contributed by atoms with van der Waals surface area (Å²) >= 11 is 5.26. The van der Waals surface area contributed by atoms with E-state index in [1.165, 1.54) is 24.1 Å². The Hall–Kier alpha value is -1.55. The minimum Gasteiger partial charge on any atom is -0.361 e. The van der Waals surface area contributed by atoms with Crippen molar-refractivity contribution in [1.82, 2.24) is 16.2 Å². The first kappa shape index (κ1) is 14.9. The summed E-state index contributed by atoms with van der Waals surface area (Å²) in [7, 11) is 0. The Labute approximate surface area is 126 Å². The van der Waals surface area contributed by atoms with Crippen LogP contribution in [0.4, 0.5) is 0 Å². The third kappa shape index (κ3) is 4.85. The molecule has 0 saturated carbocycles. The highest BCUT2D eigenvalue weighted by Crippen LogP contribution is 2.21. The van der Waals surface area contributed by atoms with Gasteiger partial charge in [0, 0.05) is 12.2 Å². The van der Waals surface area contributed by atoms with Gasteiger partial charge in [-0.25, -0.2) is 0 Å². The molecule has 0 spiro atoms. The van der Waals surface area contributed by atoms with Gasteiger partial charge in [-0.05, 0) is 49.4 Å². The Morgan fingerprint density at radius 3 is 2.85 bits per heavy atom. The molecule has 1 atom stereocenters. The third-order valence-corrected chi connectivity index (χ3v) is 3.85. The number of hydrogen-bond donors (Lipinski definition) is 3. The van der Waals surface area contributed by atoms with Crippen LogP contribution in [0.15, 0.2) is 42.1 Å². The smallest absolute Gasteiger partial charge is 0.185 e. The number of rotatable bonds is 5. The van der Waals surface area contributed by atoms with Crippen molar-refractivity contribution in [1.29, 1.82) is 0 Å². The van der Waals surface area contributed by atoms with Gasteiger partial charge < -0.3 is 10.7 Å². The highest BCUT2D eigenvalue weighted by Gasteiger charge is 2.12. The first-order valence-electron chi connectivity index (χ1n) is 7.29. The highest BCUT2D eigenvalue weighted by atomic mass is 32.1. The Morgan fingerprint density at radius 1 is 1.30 bits per heavy atom. The molecular weight excluding hydrogens is 266 g/mol. The van der Waals surface area contributed by atoms with Crippen molar-refractivity contribution in [3.63, 3.8) is 0 Å². The monoisotopic (exact) mass is 289 g/mol. The van der Waals surface area contributed by atoms with E-state index in [1.807, 2.05) is 6.07 Å². The van der Waals surface area contributed by atoms with Gasteiger partial charge in [-0.1, -0.05) is 43.3 Å². The highest BCUT2D eigenvalue weighted by molar-refractivity contribution is 7.80. The summed E-state index contributed by atoms with van der Waals surface area (Å²) in [5, 5.41) is 3.87. The lowest BCUT2D eigenvalue weighted by molar-refractivity contribution is 0.499. The summed E-state index contributed by atoms with van der Waals surface area (Å²) in [6.45, 7) is 3.08. The third-order valence-electron chi connectivity index (χ3n) is 3.60. The van der Waals surface area contributed by atoms with E-state index in [0.29, 0.717) is 11.0 Å². The van der Waals surface area contributed by atoms with Crippen molar-refractivity contribution < 1.29 is 0 Å². The average Bonchev–Trinajstić information content (AvgIpc) is 2.47. The Balaban J connectivity index is 1.64. The van der Waals surface area contributed by atoms with Gasteiger partial charge in [0.1, 0.15) is 0 Å². The molecule has 3 nitrogen and oxygen atoms in total. The van der Waals surface area contributed by atoms with Crippen LogP contribution < -0.4 is 16.2 Å². The summed E-state index contributed by atoms with van der Waals surface area (Å²) in [6.07, 6.45) is 6.92. The van der Waals surface area contributed by atoms with Crippen LogP contribution in [0, 0.1) is 5.92 Å². The van der Waals surface area contributed by atoms with Gasteiger partial charge in [0.05, 0.1) is 0 Å². The van der Waals surface area contributed by atoms with Crippen LogP contribution in [-0.4, -0.2) is 11.7 Å². The van der Waals surface area contributed by atoms with Gasteiger partial charge in [-0.3, -0.25) is 5.43 Å². The minimum absolute atomic E-state index is 0.586. The number of hydrogen-bond acceptors (Lipinski definition) is 2. The molecule has 1 aromatic carbocycles. The van der Waals surface area contributed by atoms with Crippen molar-refractivity contribution in [2.24, 2.45) is 5.92 Å². The first-order chi connectivity index (χ1) is 9.75. The second-order valence-corrected chi connectivity index (χ2v) is 5.64. The molecule has 1 aromatic rings. The lowest BCUT2D eigenvalue weighted by atomic mass is 9.94. The van der Waals surface area contributed by atoms with E-state index in [9.17, 15) is 0 Å². The molecule has 0 heterocycles. The number of allylic oxidation sites excluding steroid dienone is 2. The lowest BCUT2D eigenvalue weighted by Gasteiger charge is -2.23. The molecular formula is C16H23N3S. The van der Waals surface area contributed by atoms with Gasteiger partial charge in [0.2, 0.25) is 0 Å². The van der Waals surface area contributed by atoms with Gasteiger partial charge in [0.15, 0.2) is 5.11 Å². The molecule has 1 aliphatic rings. The molecule has 20 heavy (non-hydrogen) atoms. The molecule has 0 fully saturated rings. The lowest BCUT2D eigenvalue weighted by Crippen LogP contribution is -2.45. The summed E-state index contributed by atoms with van der Waals surface area (Å²) in [5.74, 6) is 0.586. The molecule has 0 unspecified atom stereocenters. The fourth-order valence-corrected chi connectivity index (χ4v) is 2.50. The zero-order valence-corrected chi connectivity index (χ0v) is 12.8. The van der Waals surface area contributed by atoms with Gasteiger partial charge in [0.25, 0.3) is 0 Å². The van der Waals surface area contributed by atoms with E-state index in [-0.39, 0.29) is 0 Å². The topological polar surface area (TPSA) is 36.1 Å². The van der Waals surface area contributed by atoms with Crippen LogP contribution in [0.25, 0.3) is 0 Å². The zero-order valence-electron chi connectivity index (χ0n) is 12.0. The van der Waals surface area contributed by atoms with Crippen LogP contribution in [0.2, 0.25) is 0 Å². The fraction of sp³-hybridized carbons (Fsp3) is 0.438. The minimum atomic E-state index is 0.586. The maximum Gasteiger partial charge on any atom is 0.185 e. The second kappa shape index (κ2) is 7.90. The molecule has 1 aliphatic carbocycles. The maximum atomic E-state index is 5.26. The fourth-order valence-electron chi connectivity index (χ4n) is 2.35. The standard InChI is InChI=1S/C16H23N3S/c1-13-7-5-6-10-15(13)18-19-16(20)17-12-11-14-8-3-2-4-9-14/h2-4,8-10,13,18H,5-7,11-12H2,1H3,(H2,17,19,20)/t13-/m0/s1. The number of hydrazine groups is 1. The number of benzene rings is 1. The van der Waals surface area contributed by atoms with Crippen molar-refractivity contribution in [3.8, 4) is 0 Å². The van der Waals surface area contributed by atoms with E-state index in [2.05, 4.69) is 53.4 Å². The predicted molar refractivity (Wildman–Crippen MR) is 88.1 cm³/mol. The van der Waals surface area contributed by atoms with Crippen LogP contribution in [0.3, 0.4) is 0 Å². The van der Waals surface area contributed by atoms with Crippen LogP contribution in [-0.2, 0) is 6.42 Å². The maximum absolute atomic E-state index is 5.26. The predicted octanol–water partition coefficient (Wildman–Crippen LogP) is 2.90. The van der Waals surface area contributed by atoms with E-state index < -0.39 is 0 Å². The Morgan fingerprint density at radius 2 is 2.10 bits per heavy atom. The SMILES string of the molecule is C[C@H]1CCCC=C1NNC(=S)NCCc1ccccc1. The summed E-state index contributed by atoms with van der Waals surface area (Å²) in [5.41, 5.74) is 8.87. The van der Waals surface area contributed by atoms with Crippen molar-refractivity contribution >= 4 is 17.3 Å².